The fourth-order valence-electron chi connectivity index (χ4n) is 3.13. The van der Waals surface area contributed by atoms with Crippen LogP contribution in [0.4, 0.5) is 0 Å². The van der Waals surface area contributed by atoms with Crippen LogP contribution < -0.4 is 5.73 Å². The average molecular weight is 266 g/mol. The summed E-state index contributed by atoms with van der Waals surface area (Å²) in [4.78, 5) is 0. The fraction of sp³-hybridized carbons (Fsp3) is 0.625. The largest absolute Gasteiger partial charge is 0.330 e. The molecule has 1 nitrogen and oxygen atoms in total. The summed E-state index contributed by atoms with van der Waals surface area (Å²) >= 11 is 6.37. The lowest BCUT2D eigenvalue weighted by molar-refractivity contribution is 0.252. The van der Waals surface area contributed by atoms with Gasteiger partial charge in [0.05, 0.1) is 0 Å². The van der Waals surface area contributed by atoms with E-state index in [-0.39, 0.29) is 5.41 Å². The standard InChI is InChI=1S/C16H24ClN/c1-13-6-7-14(15(17)10-13)11-16(12-18)8-4-2-3-5-9-16/h6-7,10H,2-5,8-9,11-12,18H2,1H3. The topological polar surface area (TPSA) is 26.0 Å². The molecule has 1 saturated carbocycles. The third kappa shape index (κ3) is 3.27. The number of hydrogen-bond donors (Lipinski definition) is 1. The summed E-state index contributed by atoms with van der Waals surface area (Å²) in [6.45, 7) is 2.87. The molecule has 0 spiro atoms. The van der Waals surface area contributed by atoms with Gasteiger partial charge in [0, 0.05) is 5.02 Å². The molecule has 0 aliphatic heterocycles. The predicted molar refractivity (Wildman–Crippen MR) is 79.1 cm³/mol. The Morgan fingerprint density at radius 1 is 1.17 bits per heavy atom. The molecule has 0 heterocycles. The highest BCUT2D eigenvalue weighted by molar-refractivity contribution is 6.31. The molecule has 0 atom stereocenters. The van der Waals surface area contributed by atoms with Gasteiger partial charge in [0.2, 0.25) is 0 Å². The third-order valence-corrected chi connectivity index (χ3v) is 4.72. The van der Waals surface area contributed by atoms with Crippen LogP contribution in [-0.4, -0.2) is 6.54 Å². The van der Waals surface area contributed by atoms with E-state index in [4.69, 9.17) is 17.3 Å². The lowest BCUT2D eigenvalue weighted by Crippen LogP contribution is -2.32. The van der Waals surface area contributed by atoms with Gasteiger partial charge >= 0.3 is 0 Å². The Bertz CT molecular complexity index is 392. The van der Waals surface area contributed by atoms with Crippen LogP contribution in [0.1, 0.15) is 49.7 Å². The van der Waals surface area contributed by atoms with Gasteiger partial charge in [0.1, 0.15) is 0 Å². The van der Waals surface area contributed by atoms with Crippen molar-refractivity contribution in [2.45, 2.75) is 51.9 Å². The Labute approximate surface area is 116 Å². The number of benzene rings is 1. The van der Waals surface area contributed by atoms with E-state index in [0.29, 0.717) is 0 Å². The van der Waals surface area contributed by atoms with Crippen molar-refractivity contribution in [3.63, 3.8) is 0 Å². The van der Waals surface area contributed by atoms with E-state index in [1.807, 2.05) is 0 Å². The van der Waals surface area contributed by atoms with Gasteiger partial charge in [0.25, 0.3) is 0 Å². The van der Waals surface area contributed by atoms with E-state index in [9.17, 15) is 0 Å². The summed E-state index contributed by atoms with van der Waals surface area (Å²) in [5.41, 5.74) is 8.88. The second-order valence-corrected chi connectivity index (χ2v) is 6.30. The van der Waals surface area contributed by atoms with E-state index >= 15 is 0 Å². The summed E-state index contributed by atoms with van der Waals surface area (Å²) in [6, 6.07) is 6.40. The van der Waals surface area contributed by atoms with Crippen molar-refractivity contribution in [2.24, 2.45) is 11.1 Å². The molecule has 2 heteroatoms. The van der Waals surface area contributed by atoms with Crippen molar-refractivity contribution in [1.82, 2.24) is 0 Å². The molecular weight excluding hydrogens is 242 g/mol. The quantitative estimate of drug-likeness (QED) is 0.801. The number of hydrogen-bond acceptors (Lipinski definition) is 1. The van der Waals surface area contributed by atoms with E-state index in [1.165, 1.54) is 49.7 Å². The van der Waals surface area contributed by atoms with Gasteiger partial charge in [0.15, 0.2) is 0 Å². The van der Waals surface area contributed by atoms with Crippen LogP contribution in [0.3, 0.4) is 0 Å². The number of aryl methyl sites for hydroxylation is 1. The van der Waals surface area contributed by atoms with E-state index < -0.39 is 0 Å². The summed E-state index contributed by atoms with van der Waals surface area (Å²) in [5, 5.41) is 0.909. The maximum atomic E-state index is 6.37. The first-order chi connectivity index (χ1) is 8.65. The SMILES string of the molecule is Cc1ccc(CC2(CN)CCCCCC2)c(Cl)c1. The first kappa shape index (κ1) is 13.9. The van der Waals surface area contributed by atoms with Crippen molar-refractivity contribution in [2.75, 3.05) is 6.54 Å². The summed E-state index contributed by atoms with van der Waals surface area (Å²) < 4.78 is 0. The maximum Gasteiger partial charge on any atom is 0.0440 e. The lowest BCUT2D eigenvalue weighted by atomic mass is 9.75. The lowest BCUT2D eigenvalue weighted by Gasteiger charge is -2.32. The Morgan fingerprint density at radius 3 is 2.39 bits per heavy atom. The molecule has 0 amide bonds. The van der Waals surface area contributed by atoms with Crippen LogP contribution in [0.15, 0.2) is 18.2 Å². The molecule has 1 fully saturated rings. The predicted octanol–water partition coefficient (Wildman–Crippen LogP) is 4.49. The van der Waals surface area contributed by atoms with Gasteiger partial charge in [-0.2, -0.15) is 0 Å². The minimum absolute atomic E-state index is 0.287. The molecule has 0 radical (unpaired) electrons. The molecule has 1 aromatic rings. The molecule has 1 aromatic carbocycles. The van der Waals surface area contributed by atoms with Gasteiger partial charge in [-0.15, -0.1) is 0 Å². The maximum absolute atomic E-state index is 6.37. The molecule has 0 unspecified atom stereocenters. The Balaban J connectivity index is 2.18. The average Bonchev–Trinajstić information content (AvgIpc) is 2.59. The highest BCUT2D eigenvalue weighted by atomic mass is 35.5. The molecule has 0 saturated heterocycles. The first-order valence-corrected chi connectivity index (χ1v) is 7.48. The van der Waals surface area contributed by atoms with E-state index in [0.717, 1.165) is 18.0 Å². The molecule has 18 heavy (non-hydrogen) atoms. The second kappa shape index (κ2) is 6.08. The van der Waals surface area contributed by atoms with Gasteiger partial charge in [-0.3, -0.25) is 0 Å². The van der Waals surface area contributed by atoms with Crippen LogP contribution in [0.5, 0.6) is 0 Å². The minimum Gasteiger partial charge on any atom is -0.330 e. The molecular formula is C16H24ClN. The Morgan fingerprint density at radius 2 is 1.83 bits per heavy atom. The highest BCUT2D eigenvalue weighted by Crippen LogP contribution is 2.38. The van der Waals surface area contributed by atoms with Crippen molar-refractivity contribution in [3.8, 4) is 0 Å². The first-order valence-electron chi connectivity index (χ1n) is 7.10. The Kier molecular flexibility index (Phi) is 4.69. The van der Waals surface area contributed by atoms with Crippen molar-refractivity contribution >= 4 is 11.6 Å². The van der Waals surface area contributed by atoms with Crippen LogP contribution in [0, 0.1) is 12.3 Å². The van der Waals surface area contributed by atoms with Gasteiger partial charge in [-0.25, -0.2) is 0 Å². The van der Waals surface area contributed by atoms with Crippen molar-refractivity contribution < 1.29 is 0 Å². The van der Waals surface area contributed by atoms with E-state index in [1.54, 1.807) is 0 Å². The van der Waals surface area contributed by atoms with Crippen LogP contribution in [0.2, 0.25) is 5.02 Å². The summed E-state index contributed by atoms with van der Waals surface area (Å²) in [5.74, 6) is 0. The molecule has 2 N–H and O–H groups in total. The number of halogens is 1. The van der Waals surface area contributed by atoms with Crippen LogP contribution in [0.25, 0.3) is 0 Å². The minimum atomic E-state index is 0.287. The second-order valence-electron chi connectivity index (χ2n) is 5.89. The van der Waals surface area contributed by atoms with Crippen LogP contribution >= 0.6 is 11.6 Å². The molecule has 2 rings (SSSR count). The fourth-order valence-corrected chi connectivity index (χ4v) is 3.43. The highest BCUT2D eigenvalue weighted by Gasteiger charge is 2.30. The monoisotopic (exact) mass is 265 g/mol. The van der Waals surface area contributed by atoms with Gasteiger partial charge in [-0.05, 0) is 55.3 Å². The van der Waals surface area contributed by atoms with Crippen LogP contribution in [-0.2, 0) is 6.42 Å². The molecule has 0 bridgehead atoms. The third-order valence-electron chi connectivity index (χ3n) is 4.37. The summed E-state index contributed by atoms with van der Waals surface area (Å²) in [6.07, 6.45) is 8.93. The van der Waals surface area contributed by atoms with Gasteiger partial charge < -0.3 is 5.73 Å². The zero-order valence-corrected chi connectivity index (χ0v) is 12.1. The molecule has 1 aliphatic carbocycles. The Hall–Kier alpha value is -0.530. The zero-order chi connectivity index (χ0) is 13.0. The smallest absolute Gasteiger partial charge is 0.0440 e. The number of rotatable bonds is 3. The normalized spacial score (nSPS) is 19.5. The molecule has 100 valence electrons. The van der Waals surface area contributed by atoms with E-state index in [2.05, 4.69) is 25.1 Å². The van der Waals surface area contributed by atoms with Crippen molar-refractivity contribution in [1.29, 1.82) is 0 Å². The number of nitrogens with two attached hydrogens (primary N) is 1. The zero-order valence-electron chi connectivity index (χ0n) is 11.3. The van der Waals surface area contributed by atoms with Gasteiger partial charge in [-0.1, -0.05) is 49.4 Å². The van der Waals surface area contributed by atoms with Crippen molar-refractivity contribution in [3.05, 3.63) is 34.3 Å². The molecule has 0 aromatic heterocycles. The summed E-state index contributed by atoms with van der Waals surface area (Å²) in [7, 11) is 0. The molecule has 1 aliphatic rings.